The van der Waals surface area contributed by atoms with Crippen molar-refractivity contribution in [2.45, 2.75) is 31.1 Å². The first-order chi connectivity index (χ1) is 10.3. The smallest absolute Gasteiger partial charge is 0.251 e. The molecule has 2 bridgehead atoms. The summed E-state index contributed by atoms with van der Waals surface area (Å²) >= 11 is 0. The molecule has 4 nitrogen and oxygen atoms in total. The average molecular weight is 279 g/mol. The van der Waals surface area contributed by atoms with Crippen LogP contribution in [0.5, 0.6) is 0 Å². The Morgan fingerprint density at radius 2 is 1.95 bits per heavy atom. The summed E-state index contributed by atoms with van der Waals surface area (Å²) in [6.07, 6.45) is 5.36. The number of aromatic nitrogens is 2. The molecule has 2 atom stereocenters. The third-order valence-corrected chi connectivity index (χ3v) is 4.59. The molecular formula is C17H17N3O. The maximum absolute atomic E-state index is 12.0. The molecule has 2 aliphatic rings. The Hall–Kier alpha value is -2.23. The fraction of sp³-hybridized carbons (Fsp3) is 0.353. The fourth-order valence-electron chi connectivity index (χ4n) is 3.57. The number of hydrogen-bond donors (Lipinski definition) is 1. The summed E-state index contributed by atoms with van der Waals surface area (Å²) < 4.78 is 0. The Bertz CT molecular complexity index is 753. The highest BCUT2D eigenvalue weighted by atomic mass is 16.1. The van der Waals surface area contributed by atoms with Crippen LogP contribution in [-0.4, -0.2) is 22.4 Å². The minimum atomic E-state index is -0.0966. The highest BCUT2D eigenvalue weighted by Crippen LogP contribution is 2.51. The molecule has 1 saturated carbocycles. The second-order valence-electron chi connectivity index (χ2n) is 5.90. The summed E-state index contributed by atoms with van der Waals surface area (Å²) in [5.74, 6) is 1.10. The molecule has 0 radical (unpaired) electrons. The van der Waals surface area contributed by atoms with Crippen LogP contribution in [0.15, 0.2) is 30.9 Å². The van der Waals surface area contributed by atoms with Crippen LogP contribution < -0.4 is 5.32 Å². The SMILES string of the molecule is C=CCNC(=O)c1ccc2nc3c(nc2c1)C1CCC3C1. The largest absolute Gasteiger partial charge is 0.349 e. The van der Waals surface area contributed by atoms with E-state index in [-0.39, 0.29) is 5.91 Å². The topological polar surface area (TPSA) is 54.9 Å². The first-order valence-corrected chi connectivity index (χ1v) is 7.47. The van der Waals surface area contributed by atoms with Crippen molar-refractivity contribution in [3.05, 3.63) is 47.8 Å². The van der Waals surface area contributed by atoms with Gasteiger partial charge >= 0.3 is 0 Å². The van der Waals surface area contributed by atoms with Crippen LogP contribution in [0, 0.1) is 0 Å². The van der Waals surface area contributed by atoms with Gasteiger partial charge in [-0.1, -0.05) is 6.08 Å². The van der Waals surface area contributed by atoms with Crippen LogP contribution in [0.3, 0.4) is 0 Å². The summed E-state index contributed by atoms with van der Waals surface area (Å²) in [5, 5.41) is 2.79. The quantitative estimate of drug-likeness (QED) is 0.879. The molecule has 1 fully saturated rings. The van der Waals surface area contributed by atoms with Gasteiger partial charge in [0.2, 0.25) is 0 Å². The van der Waals surface area contributed by atoms with Gasteiger partial charge in [-0.2, -0.15) is 0 Å². The Morgan fingerprint density at radius 1 is 1.24 bits per heavy atom. The maximum atomic E-state index is 12.0. The van der Waals surface area contributed by atoms with Crippen molar-refractivity contribution < 1.29 is 4.79 Å². The molecule has 1 aromatic carbocycles. The van der Waals surface area contributed by atoms with E-state index in [1.807, 2.05) is 18.2 Å². The van der Waals surface area contributed by atoms with E-state index in [9.17, 15) is 4.79 Å². The van der Waals surface area contributed by atoms with Crippen LogP contribution in [0.4, 0.5) is 0 Å². The van der Waals surface area contributed by atoms with E-state index in [4.69, 9.17) is 9.97 Å². The van der Waals surface area contributed by atoms with Gasteiger partial charge in [0.05, 0.1) is 22.4 Å². The third-order valence-electron chi connectivity index (χ3n) is 4.59. The monoisotopic (exact) mass is 279 g/mol. The lowest BCUT2D eigenvalue weighted by Crippen LogP contribution is -2.23. The van der Waals surface area contributed by atoms with Crippen molar-refractivity contribution in [3.8, 4) is 0 Å². The van der Waals surface area contributed by atoms with Gasteiger partial charge in [-0.05, 0) is 37.5 Å². The zero-order chi connectivity index (χ0) is 14.4. The predicted octanol–water partition coefficient (Wildman–Crippen LogP) is 2.91. The van der Waals surface area contributed by atoms with E-state index in [0.29, 0.717) is 23.9 Å². The zero-order valence-electron chi connectivity index (χ0n) is 11.8. The number of nitrogens with one attached hydrogen (secondary N) is 1. The molecule has 0 saturated heterocycles. The first kappa shape index (κ1) is 12.5. The summed E-state index contributed by atoms with van der Waals surface area (Å²) in [5.41, 5.74) is 4.71. The van der Waals surface area contributed by atoms with Gasteiger partial charge in [0.1, 0.15) is 0 Å². The van der Waals surface area contributed by atoms with Gasteiger partial charge < -0.3 is 5.32 Å². The van der Waals surface area contributed by atoms with Gasteiger partial charge in [-0.3, -0.25) is 4.79 Å². The molecule has 4 heteroatoms. The van der Waals surface area contributed by atoms with E-state index < -0.39 is 0 Å². The molecular weight excluding hydrogens is 262 g/mol. The Labute approximate surface area is 123 Å². The highest BCUT2D eigenvalue weighted by molar-refractivity contribution is 5.97. The average Bonchev–Trinajstić information content (AvgIpc) is 3.12. The highest BCUT2D eigenvalue weighted by Gasteiger charge is 2.39. The van der Waals surface area contributed by atoms with Gasteiger partial charge in [-0.15, -0.1) is 6.58 Å². The van der Waals surface area contributed by atoms with Crippen molar-refractivity contribution in [2.24, 2.45) is 0 Å². The molecule has 1 heterocycles. The normalized spacial score (nSPS) is 22.3. The number of hydrogen-bond acceptors (Lipinski definition) is 3. The molecule has 106 valence electrons. The molecule has 1 N–H and O–H groups in total. The van der Waals surface area contributed by atoms with Crippen LogP contribution in [-0.2, 0) is 0 Å². The first-order valence-electron chi connectivity index (χ1n) is 7.47. The van der Waals surface area contributed by atoms with Crippen LogP contribution in [0.25, 0.3) is 11.0 Å². The number of carbonyl (C=O) groups excluding carboxylic acids is 1. The number of benzene rings is 1. The fourth-order valence-corrected chi connectivity index (χ4v) is 3.57. The third kappa shape index (κ3) is 1.94. The molecule has 1 amide bonds. The van der Waals surface area contributed by atoms with E-state index in [2.05, 4.69) is 11.9 Å². The Balaban J connectivity index is 1.75. The number of carbonyl (C=O) groups is 1. The van der Waals surface area contributed by atoms with Gasteiger partial charge in [-0.25, -0.2) is 9.97 Å². The molecule has 1 aromatic heterocycles. The lowest BCUT2D eigenvalue weighted by Gasteiger charge is -2.14. The van der Waals surface area contributed by atoms with Crippen molar-refractivity contribution >= 4 is 16.9 Å². The second kappa shape index (κ2) is 4.65. The summed E-state index contributed by atoms with van der Waals surface area (Å²) in [4.78, 5) is 21.6. The van der Waals surface area contributed by atoms with Crippen molar-refractivity contribution in [1.29, 1.82) is 0 Å². The van der Waals surface area contributed by atoms with Crippen LogP contribution in [0.2, 0.25) is 0 Å². The minimum absolute atomic E-state index is 0.0966. The lowest BCUT2D eigenvalue weighted by molar-refractivity contribution is 0.0958. The summed E-state index contributed by atoms with van der Waals surface area (Å²) in [7, 11) is 0. The molecule has 4 rings (SSSR count). The number of nitrogens with zero attached hydrogens (tertiary/aromatic N) is 2. The standard InChI is InChI=1S/C17H17N3O/c1-2-7-18-17(21)12-5-6-13-14(9-12)20-16-11-4-3-10(8-11)15(16)19-13/h2,5-6,9-11H,1,3-4,7-8H2,(H,18,21). The van der Waals surface area contributed by atoms with E-state index in [1.165, 1.54) is 30.7 Å². The van der Waals surface area contributed by atoms with E-state index in [1.54, 1.807) is 6.08 Å². The molecule has 2 aromatic rings. The molecule has 2 unspecified atom stereocenters. The van der Waals surface area contributed by atoms with E-state index >= 15 is 0 Å². The minimum Gasteiger partial charge on any atom is -0.349 e. The Morgan fingerprint density at radius 3 is 2.67 bits per heavy atom. The van der Waals surface area contributed by atoms with Crippen molar-refractivity contribution in [3.63, 3.8) is 0 Å². The van der Waals surface area contributed by atoms with Gasteiger partial charge in [0.15, 0.2) is 0 Å². The molecule has 0 spiro atoms. The van der Waals surface area contributed by atoms with Gasteiger partial charge in [0.25, 0.3) is 5.91 Å². The van der Waals surface area contributed by atoms with Gasteiger partial charge in [0, 0.05) is 23.9 Å². The van der Waals surface area contributed by atoms with Crippen molar-refractivity contribution in [2.75, 3.05) is 6.54 Å². The summed E-state index contributed by atoms with van der Waals surface area (Å²) in [6, 6.07) is 5.56. The zero-order valence-corrected chi connectivity index (χ0v) is 11.8. The molecule has 2 aliphatic carbocycles. The Kier molecular flexibility index (Phi) is 2.77. The maximum Gasteiger partial charge on any atom is 0.251 e. The van der Waals surface area contributed by atoms with Crippen LogP contribution >= 0.6 is 0 Å². The second-order valence-corrected chi connectivity index (χ2v) is 5.90. The predicted molar refractivity (Wildman–Crippen MR) is 81.4 cm³/mol. The lowest BCUT2D eigenvalue weighted by atomic mass is 10.00. The number of fused-ring (bicyclic) bond motifs is 6. The van der Waals surface area contributed by atoms with Crippen LogP contribution in [0.1, 0.15) is 52.8 Å². The van der Waals surface area contributed by atoms with E-state index in [0.717, 1.165) is 11.0 Å². The number of rotatable bonds is 3. The molecule has 21 heavy (non-hydrogen) atoms. The van der Waals surface area contributed by atoms with Crippen molar-refractivity contribution in [1.82, 2.24) is 15.3 Å². The summed E-state index contributed by atoms with van der Waals surface area (Å²) in [6.45, 7) is 4.07. The molecule has 0 aliphatic heterocycles. The number of amides is 1.